The Labute approximate surface area is 200 Å². The maximum Gasteiger partial charge on any atom is 0.163 e. The number of fused-ring (bicyclic) bond motifs is 1. The van der Waals surface area contributed by atoms with Gasteiger partial charge in [-0.3, -0.25) is 4.79 Å². The predicted molar refractivity (Wildman–Crippen MR) is 136 cm³/mol. The van der Waals surface area contributed by atoms with Crippen LogP contribution in [0.3, 0.4) is 0 Å². The highest BCUT2D eigenvalue weighted by Gasteiger charge is 2.36. The van der Waals surface area contributed by atoms with E-state index in [1.54, 1.807) is 7.11 Å². The second-order valence-corrected chi connectivity index (χ2v) is 8.93. The number of ether oxygens (including phenoxy) is 2. The van der Waals surface area contributed by atoms with Gasteiger partial charge >= 0.3 is 0 Å². The van der Waals surface area contributed by atoms with Crippen LogP contribution in [0.15, 0.2) is 78.0 Å². The topological polar surface area (TPSA) is 59.6 Å². The van der Waals surface area contributed by atoms with E-state index in [0.29, 0.717) is 18.8 Å². The van der Waals surface area contributed by atoms with Gasteiger partial charge in [-0.25, -0.2) is 0 Å². The average Bonchev–Trinajstić information content (AvgIpc) is 3.01. The van der Waals surface area contributed by atoms with Crippen LogP contribution < -0.4 is 20.1 Å². The average molecular weight is 455 g/mol. The number of nitrogens with one attached hydrogen (secondary N) is 2. The highest BCUT2D eigenvalue weighted by atomic mass is 16.5. The van der Waals surface area contributed by atoms with E-state index in [0.717, 1.165) is 45.9 Å². The van der Waals surface area contributed by atoms with Crippen molar-refractivity contribution in [2.75, 3.05) is 24.4 Å². The minimum absolute atomic E-state index is 0.0618. The number of aryl methyl sites for hydroxylation is 1. The molecule has 5 heteroatoms. The fraction of sp³-hybridized carbons (Fsp3) is 0.276. The second kappa shape index (κ2) is 9.26. The lowest BCUT2D eigenvalue weighted by Gasteiger charge is -2.30. The lowest BCUT2D eigenvalue weighted by Crippen LogP contribution is -2.27. The Balaban J connectivity index is 1.56. The third-order valence-electron chi connectivity index (χ3n) is 6.64. The summed E-state index contributed by atoms with van der Waals surface area (Å²) in [4.78, 5) is 13.7. The van der Waals surface area contributed by atoms with Crippen LogP contribution >= 0.6 is 0 Å². The molecule has 3 aromatic carbocycles. The summed E-state index contributed by atoms with van der Waals surface area (Å²) in [6.45, 7) is 4.61. The zero-order valence-corrected chi connectivity index (χ0v) is 19.9. The van der Waals surface area contributed by atoms with Crippen molar-refractivity contribution in [3.63, 3.8) is 0 Å². The van der Waals surface area contributed by atoms with Crippen molar-refractivity contribution < 1.29 is 14.3 Å². The molecule has 1 heterocycles. The molecule has 0 aromatic heterocycles. The van der Waals surface area contributed by atoms with E-state index in [-0.39, 0.29) is 17.7 Å². The van der Waals surface area contributed by atoms with Crippen LogP contribution in [-0.4, -0.2) is 19.5 Å². The van der Waals surface area contributed by atoms with E-state index in [4.69, 9.17) is 9.47 Å². The van der Waals surface area contributed by atoms with E-state index in [2.05, 4.69) is 60.0 Å². The van der Waals surface area contributed by atoms with Gasteiger partial charge in [-0.05, 0) is 61.6 Å². The van der Waals surface area contributed by atoms with Crippen molar-refractivity contribution in [2.45, 2.75) is 38.6 Å². The molecule has 2 atom stereocenters. The van der Waals surface area contributed by atoms with Crippen LogP contribution in [0.4, 0.5) is 11.4 Å². The summed E-state index contributed by atoms with van der Waals surface area (Å²) in [6, 6.07) is 22.3. The molecule has 0 amide bonds. The monoisotopic (exact) mass is 454 g/mol. The molecule has 3 aromatic rings. The molecule has 2 unspecified atom stereocenters. The lowest BCUT2D eigenvalue weighted by molar-refractivity contribution is -0.116. The van der Waals surface area contributed by atoms with Gasteiger partial charge in [0.25, 0.3) is 0 Å². The predicted octanol–water partition coefficient (Wildman–Crippen LogP) is 6.38. The summed E-state index contributed by atoms with van der Waals surface area (Å²) < 4.78 is 11.3. The smallest absolute Gasteiger partial charge is 0.163 e. The number of methoxy groups -OCH3 is 1. The number of anilines is 2. The molecule has 2 N–H and O–H groups in total. The first kappa shape index (κ1) is 22.1. The largest absolute Gasteiger partial charge is 0.493 e. The van der Waals surface area contributed by atoms with Crippen molar-refractivity contribution in [3.05, 3.63) is 94.7 Å². The van der Waals surface area contributed by atoms with Gasteiger partial charge in [-0.1, -0.05) is 48.0 Å². The minimum atomic E-state index is -0.200. The molecule has 1 aliphatic carbocycles. The number of Topliss-reactive ketones (excluding diaryl/α,β-unsaturated/α-hetero) is 1. The Hall–Kier alpha value is -3.73. The molecule has 0 spiro atoms. The Morgan fingerprint density at radius 3 is 2.50 bits per heavy atom. The second-order valence-electron chi connectivity index (χ2n) is 8.93. The summed E-state index contributed by atoms with van der Waals surface area (Å²) >= 11 is 0. The number of ketones is 1. The molecule has 0 saturated heterocycles. The third kappa shape index (κ3) is 4.14. The maximum atomic E-state index is 13.7. The first-order chi connectivity index (χ1) is 16.6. The van der Waals surface area contributed by atoms with Crippen molar-refractivity contribution in [1.82, 2.24) is 0 Å². The molecular weight excluding hydrogens is 424 g/mol. The third-order valence-corrected chi connectivity index (χ3v) is 6.64. The number of para-hydroxylation sites is 2. The fourth-order valence-electron chi connectivity index (χ4n) is 5.04. The number of allylic oxidation sites excluding steroid dienone is 1. The minimum Gasteiger partial charge on any atom is -0.493 e. The SMILES string of the molecule is CCOc1ccc(C2CC(=O)C3=C(C2)Nc2ccccc2NC3c2cccc(C)c2)cc1OC. The molecule has 2 aliphatic rings. The number of hydrogen-bond donors (Lipinski definition) is 2. The Kier molecular flexibility index (Phi) is 6.01. The van der Waals surface area contributed by atoms with Crippen LogP contribution in [0, 0.1) is 6.92 Å². The number of rotatable bonds is 5. The van der Waals surface area contributed by atoms with Crippen molar-refractivity contribution >= 4 is 17.2 Å². The normalized spacial score (nSPS) is 19.3. The summed E-state index contributed by atoms with van der Waals surface area (Å²) in [5.74, 6) is 1.65. The molecule has 5 rings (SSSR count). The molecular formula is C29H30N2O3. The molecule has 34 heavy (non-hydrogen) atoms. The van der Waals surface area contributed by atoms with Crippen molar-refractivity contribution in [2.24, 2.45) is 0 Å². The van der Waals surface area contributed by atoms with E-state index >= 15 is 0 Å². The van der Waals surface area contributed by atoms with Crippen LogP contribution in [0.2, 0.25) is 0 Å². The lowest BCUT2D eigenvalue weighted by atomic mass is 9.78. The Morgan fingerprint density at radius 2 is 1.74 bits per heavy atom. The number of carbonyl (C=O) groups excluding carboxylic acids is 1. The number of benzene rings is 3. The van der Waals surface area contributed by atoms with Gasteiger partial charge < -0.3 is 20.1 Å². The van der Waals surface area contributed by atoms with E-state index < -0.39 is 0 Å². The molecule has 174 valence electrons. The quantitative estimate of drug-likeness (QED) is 0.468. The Bertz CT molecular complexity index is 1260. The van der Waals surface area contributed by atoms with Gasteiger partial charge in [-0.15, -0.1) is 0 Å². The summed E-state index contributed by atoms with van der Waals surface area (Å²) in [5, 5.41) is 7.26. The van der Waals surface area contributed by atoms with E-state index in [9.17, 15) is 4.79 Å². The van der Waals surface area contributed by atoms with Crippen LogP contribution in [-0.2, 0) is 4.79 Å². The first-order valence-electron chi connectivity index (χ1n) is 11.8. The molecule has 0 saturated carbocycles. The fourth-order valence-corrected chi connectivity index (χ4v) is 5.04. The summed E-state index contributed by atoms with van der Waals surface area (Å²) in [6.07, 6.45) is 1.20. The summed E-state index contributed by atoms with van der Waals surface area (Å²) in [5.41, 5.74) is 7.15. The van der Waals surface area contributed by atoms with E-state index in [1.807, 2.05) is 31.2 Å². The highest BCUT2D eigenvalue weighted by Crippen LogP contribution is 2.45. The molecule has 0 fully saturated rings. The zero-order valence-electron chi connectivity index (χ0n) is 19.9. The van der Waals surface area contributed by atoms with Crippen molar-refractivity contribution in [3.8, 4) is 11.5 Å². The number of carbonyl (C=O) groups is 1. The highest BCUT2D eigenvalue weighted by molar-refractivity contribution is 6.01. The van der Waals surface area contributed by atoms with Gasteiger partial charge in [0.2, 0.25) is 0 Å². The molecule has 1 aliphatic heterocycles. The number of hydrogen-bond acceptors (Lipinski definition) is 5. The summed E-state index contributed by atoms with van der Waals surface area (Å²) in [7, 11) is 1.65. The zero-order chi connectivity index (χ0) is 23.7. The van der Waals surface area contributed by atoms with Gasteiger partial charge in [0.15, 0.2) is 17.3 Å². The van der Waals surface area contributed by atoms with Crippen LogP contribution in [0.1, 0.15) is 48.4 Å². The van der Waals surface area contributed by atoms with Gasteiger partial charge in [0, 0.05) is 17.7 Å². The van der Waals surface area contributed by atoms with Crippen LogP contribution in [0.5, 0.6) is 11.5 Å². The molecule has 0 radical (unpaired) electrons. The van der Waals surface area contributed by atoms with Gasteiger partial charge in [0.1, 0.15) is 0 Å². The van der Waals surface area contributed by atoms with Crippen molar-refractivity contribution in [1.29, 1.82) is 0 Å². The maximum absolute atomic E-state index is 13.7. The van der Waals surface area contributed by atoms with Crippen LogP contribution in [0.25, 0.3) is 0 Å². The van der Waals surface area contributed by atoms with Gasteiger partial charge in [0.05, 0.1) is 31.1 Å². The Morgan fingerprint density at radius 1 is 0.912 bits per heavy atom. The van der Waals surface area contributed by atoms with Gasteiger partial charge in [-0.2, -0.15) is 0 Å². The molecule has 5 nitrogen and oxygen atoms in total. The first-order valence-corrected chi connectivity index (χ1v) is 11.8. The standard InChI is InChI=1S/C29H30N2O3/c1-4-34-26-13-12-19(17-27(26)33-3)21-15-24-28(25(32)16-21)29(20-9-7-8-18(2)14-20)31-23-11-6-5-10-22(23)30-24/h5-14,17,21,29-31H,4,15-16H2,1-3H3. The molecule has 0 bridgehead atoms. The van der Waals surface area contributed by atoms with E-state index in [1.165, 1.54) is 5.56 Å².